The van der Waals surface area contributed by atoms with Crippen molar-refractivity contribution in [3.8, 4) is 0 Å². The largest absolute Gasteiger partial charge is 0.416 e. The predicted molar refractivity (Wildman–Crippen MR) is 118 cm³/mol. The molecule has 0 saturated heterocycles. The van der Waals surface area contributed by atoms with Gasteiger partial charge in [0.15, 0.2) is 5.96 Å². The molecule has 0 radical (unpaired) electrons. The number of hydrogen-bond acceptors (Lipinski definition) is 2. The first kappa shape index (κ1) is 24.7. The van der Waals surface area contributed by atoms with E-state index in [0.717, 1.165) is 17.7 Å². The van der Waals surface area contributed by atoms with E-state index in [4.69, 9.17) is 0 Å². The lowest BCUT2D eigenvalue weighted by Gasteiger charge is -2.13. The van der Waals surface area contributed by atoms with E-state index in [0.29, 0.717) is 30.2 Å². The zero-order valence-corrected chi connectivity index (χ0v) is 18.5. The third-order valence-electron chi connectivity index (χ3n) is 3.95. The molecule has 0 heterocycles. The Labute approximate surface area is 185 Å². The van der Waals surface area contributed by atoms with Gasteiger partial charge in [-0.1, -0.05) is 24.3 Å². The molecule has 0 aromatic heterocycles. The molecule has 0 aliphatic heterocycles. The van der Waals surface area contributed by atoms with Crippen molar-refractivity contribution in [2.75, 3.05) is 13.6 Å². The molecule has 2 rings (SSSR count). The summed E-state index contributed by atoms with van der Waals surface area (Å²) in [5.41, 5.74) is 1.35. The lowest BCUT2D eigenvalue weighted by Crippen LogP contribution is -2.36. The Morgan fingerprint density at radius 3 is 2.14 bits per heavy atom. The molecule has 5 nitrogen and oxygen atoms in total. The molecule has 2 aromatic carbocycles. The highest BCUT2D eigenvalue weighted by Crippen LogP contribution is 2.29. The summed E-state index contributed by atoms with van der Waals surface area (Å²) in [5, 5.41) is 8.81. The van der Waals surface area contributed by atoms with Gasteiger partial charge in [-0.15, -0.1) is 24.0 Å². The minimum atomic E-state index is -4.36. The van der Waals surface area contributed by atoms with Crippen LogP contribution in [0.25, 0.3) is 0 Å². The van der Waals surface area contributed by atoms with Crippen LogP contribution in [-0.4, -0.2) is 25.5 Å². The van der Waals surface area contributed by atoms with Crippen LogP contribution in [0.3, 0.4) is 0 Å². The van der Waals surface area contributed by atoms with Gasteiger partial charge in [-0.2, -0.15) is 13.2 Å². The van der Waals surface area contributed by atoms with Gasteiger partial charge in [-0.05, 0) is 42.3 Å². The number of halogens is 4. The summed E-state index contributed by atoms with van der Waals surface area (Å²) in [4.78, 5) is 15.8. The van der Waals surface area contributed by atoms with Crippen LogP contribution in [0.2, 0.25) is 0 Å². The van der Waals surface area contributed by atoms with Crippen molar-refractivity contribution in [1.82, 2.24) is 16.0 Å². The van der Waals surface area contributed by atoms with Gasteiger partial charge >= 0.3 is 6.18 Å². The SMILES string of the molecule is CCNC(=O)c1ccc(CNC(=NC)NCc2cccc(C(F)(F)F)c2)cc1.I. The fraction of sp³-hybridized carbons (Fsp3) is 0.300. The molecule has 0 spiro atoms. The maximum Gasteiger partial charge on any atom is 0.416 e. The van der Waals surface area contributed by atoms with E-state index in [-0.39, 0.29) is 36.4 Å². The Bertz CT molecular complexity index is 823. The topological polar surface area (TPSA) is 65.5 Å². The van der Waals surface area contributed by atoms with Gasteiger partial charge in [0.05, 0.1) is 5.56 Å². The number of carbonyl (C=O) groups excluding carboxylic acids is 1. The maximum absolute atomic E-state index is 12.8. The molecule has 0 aliphatic carbocycles. The second kappa shape index (κ2) is 11.6. The molecule has 9 heteroatoms. The molecule has 158 valence electrons. The molecule has 0 saturated carbocycles. The first-order valence-electron chi connectivity index (χ1n) is 8.81. The summed E-state index contributed by atoms with van der Waals surface area (Å²) in [7, 11) is 1.58. The number of aliphatic imine (C=N–C) groups is 1. The minimum Gasteiger partial charge on any atom is -0.352 e. The van der Waals surface area contributed by atoms with Gasteiger partial charge in [0.2, 0.25) is 0 Å². The van der Waals surface area contributed by atoms with Crippen molar-refractivity contribution in [2.24, 2.45) is 4.99 Å². The smallest absolute Gasteiger partial charge is 0.352 e. The number of carbonyl (C=O) groups is 1. The fourth-order valence-electron chi connectivity index (χ4n) is 2.49. The van der Waals surface area contributed by atoms with Crippen LogP contribution >= 0.6 is 24.0 Å². The van der Waals surface area contributed by atoms with Crippen LogP contribution in [0.5, 0.6) is 0 Å². The number of amides is 1. The second-order valence-electron chi connectivity index (χ2n) is 6.03. The van der Waals surface area contributed by atoms with Gasteiger partial charge in [-0.3, -0.25) is 9.79 Å². The monoisotopic (exact) mass is 520 g/mol. The normalized spacial score (nSPS) is 11.4. The van der Waals surface area contributed by atoms with E-state index in [9.17, 15) is 18.0 Å². The number of rotatable bonds is 6. The summed E-state index contributed by atoms with van der Waals surface area (Å²) in [5.74, 6) is 0.339. The van der Waals surface area contributed by atoms with Crippen LogP contribution in [0.15, 0.2) is 53.5 Å². The summed E-state index contributed by atoms with van der Waals surface area (Å²) >= 11 is 0. The number of benzene rings is 2. The maximum atomic E-state index is 12.8. The zero-order chi connectivity index (χ0) is 20.6. The Morgan fingerprint density at radius 1 is 0.966 bits per heavy atom. The van der Waals surface area contributed by atoms with Crippen molar-refractivity contribution in [2.45, 2.75) is 26.2 Å². The Balaban J connectivity index is 0.00000420. The van der Waals surface area contributed by atoms with E-state index >= 15 is 0 Å². The van der Waals surface area contributed by atoms with Crippen molar-refractivity contribution in [3.05, 3.63) is 70.8 Å². The third kappa shape index (κ3) is 7.92. The van der Waals surface area contributed by atoms with Crippen molar-refractivity contribution in [1.29, 1.82) is 0 Å². The number of guanidine groups is 1. The van der Waals surface area contributed by atoms with Crippen LogP contribution in [0.1, 0.15) is 34.0 Å². The van der Waals surface area contributed by atoms with Crippen LogP contribution in [0.4, 0.5) is 13.2 Å². The van der Waals surface area contributed by atoms with Crippen molar-refractivity contribution >= 4 is 35.8 Å². The first-order valence-corrected chi connectivity index (χ1v) is 8.81. The lowest BCUT2D eigenvalue weighted by atomic mass is 10.1. The average Bonchev–Trinajstić information content (AvgIpc) is 2.68. The molecule has 3 N–H and O–H groups in total. The molecule has 2 aromatic rings. The van der Waals surface area contributed by atoms with Crippen LogP contribution in [0, 0.1) is 0 Å². The Kier molecular flexibility index (Phi) is 9.93. The zero-order valence-electron chi connectivity index (χ0n) is 16.1. The minimum absolute atomic E-state index is 0. The standard InChI is InChI=1S/C20H23F3N4O.HI/c1-3-25-18(28)16-9-7-14(8-10-16)12-26-19(24-2)27-13-15-5-4-6-17(11-15)20(21,22)23;/h4-11H,3,12-13H2,1-2H3,(H,25,28)(H2,24,26,27);1H. The molecule has 0 aliphatic rings. The summed E-state index contributed by atoms with van der Waals surface area (Å²) in [6.45, 7) is 3.09. The van der Waals surface area contributed by atoms with Gasteiger partial charge in [-0.25, -0.2) is 0 Å². The van der Waals surface area contributed by atoms with Gasteiger partial charge in [0, 0.05) is 32.2 Å². The second-order valence-corrected chi connectivity index (χ2v) is 6.03. The van der Waals surface area contributed by atoms with E-state index in [1.54, 1.807) is 25.2 Å². The summed E-state index contributed by atoms with van der Waals surface area (Å²) in [6, 6.07) is 12.3. The molecule has 0 unspecified atom stereocenters. The predicted octanol–water partition coefficient (Wildman–Crippen LogP) is 3.94. The molecule has 0 atom stereocenters. The molecule has 0 bridgehead atoms. The van der Waals surface area contributed by atoms with E-state index in [1.165, 1.54) is 6.07 Å². The number of hydrogen-bond donors (Lipinski definition) is 3. The van der Waals surface area contributed by atoms with Crippen LogP contribution in [-0.2, 0) is 19.3 Å². The van der Waals surface area contributed by atoms with E-state index in [2.05, 4.69) is 20.9 Å². The molecular weight excluding hydrogens is 496 g/mol. The van der Waals surface area contributed by atoms with E-state index < -0.39 is 11.7 Å². The highest BCUT2D eigenvalue weighted by Gasteiger charge is 2.30. The van der Waals surface area contributed by atoms with E-state index in [1.807, 2.05) is 19.1 Å². The fourth-order valence-corrected chi connectivity index (χ4v) is 2.49. The molecule has 1 amide bonds. The molecular formula is C20H24F3IN4O. The summed E-state index contributed by atoms with van der Waals surface area (Å²) < 4.78 is 38.3. The van der Waals surface area contributed by atoms with Crippen LogP contribution < -0.4 is 16.0 Å². The molecule has 29 heavy (non-hydrogen) atoms. The number of nitrogens with one attached hydrogen (secondary N) is 3. The van der Waals surface area contributed by atoms with Crippen molar-refractivity contribution < 1.29 is 18.0 Å². The van der Waals surface area contributed by atoms with Crippen molar-refractivity contribution in [3.63, 3.8) is 0 Å². The lowest BCUT2D eigenvalue weighted by molar-refractivity contribution is -0.137. The average molecular weight is 520 g/mol. The Hall–Kier alpha value is -2.30. The highest BCUT2D eigenvalue weighted by molar-refractivity contribution is 14.0. The highest BCUT2D eigenvalue weighted by atomic mass is 127. The third-order valence-corrected chi connectivity index (χ3v) is 3.95. The number of nitrogens with zero attached hydrogens (tertiary/aromatic N) is 1. The van der Waals surface area contributed by atoms with Gasteiger partial charge in [0.25, 0.3) is 5.91 Å². The number of alkyl halides is 3. The first-order chi connectivity index (χ1) is 13.3. The summed E-state index contributed by atoms with van der Waals surface area (Å²) in [6.07, 6.45) is -4.36. The quantitative estimate of drug-likeness (QED) is 0.307. The Morgan fingerprint density at radius 2 is 1.59 bits per heavy atom. The van der Waals surface area contributed by atoms with Gasteiger partial charge in [0.1, 0.15) is 0 Å². The van der Waals surface area contributed by atoms with Gasteiger partial charge < -0.3 is 16.0 Å². The molecule has 0 fully saturated rings.